The lowest BCUT2D eigenvalue weighted by molar-refractivity contribution is -0.170. The molecule has 0 amide bonds. The molecule has 0 spiro atoms. The molecule has 2 fully saturated rings. The number of Topliss-reactive ketones (excluding diaryl/α,β-unsaturated/α-hetero) is 1. The fourth-order valence-electron chi connectivity index (χ4n) is 4.04. The van der Waals surface area contributed by atoms with Crippen molar-refractivity contribution < 1.29 is 14.3 Å². The standard InChI is InChI=1S/C17H20ClN3O3/c1-9(22)17(4)7-11(12-13(17)24-16(2,3)23-12)21-6-5-10-14(18)19-8-20-15(10)21/h5-6,8,11-13H,7H2,1-4H3/t11-,12+,13+,17-/m1/s1. The van der Waals surface area contributed by atoms with E-state index in [0.29, 0.717) is 11.6 Å². The Kier molecular flexibility index (Phi) is 3.33. The highest BCUT2D eigenvalue weighted by atomic mass is 35.5. The van der Waals surface area contributed by atoms with Crippen molar-refractivity contribution in [3.8, 4) is 0 Å². The number of carbonyl (C=O) groups is 1. The van der Waals surface area contributed by atoms with Gasteiger partial charge in [-0.05, 0) is 40.2 Å². The van der Waals surface area contributed by atoms with Gasteiger partial charge in [0.25, 0.3) is 0 Å². The Morgan fingerprint density at radius 1 is 1.33 bits per heavy atom. The van der Waals surface area contributed by atoms with E-state index < -0.39 is 11.2 Å². The third-order valence-electron chi connectivity index (χ3n) is 5.39. The number of ether oxygens (including phenoxy) is 2. The summed E-state index contributed by atoms with van der Waals surface area (Å²) in [5.74, 6) is -0.592. The molecule has 0 bridgehead atoms. The minimum absolute atomic E-state index is 0.0471. The van der Waals surface area contributed by atoms with Gasteiger partial charge in [0.2, 0.25) is 0 Å². The summed E-state index contributed by atoms with van der Waals surface area (Å²) in [4.78, 5) is 20.8. The van der Waals surface area contributed by atoms with Crippen molar-refractivity contribution in [2.75, 3.05) is 0 Å². The average molecular weight is 350 g/mol. The van der Waals surface area contributed by atoms with Crippen LogP contribution in [0.15, 0.2) is 18.6 Å². The van der Waals surface area contributed by atoms with E-state index in [9.17, 15) is 4.79 Å². The molecule has 2 aliphatic rings. The van der Waals surface area contributed by atoms with E-state index in [0.717, 1.165) is 11.0 Å². The zero-order chi connectivity index (χ0) is 17.3. The first-order chi connectivity index (χ1) is 11.2. The lowest BCUT2D eigenvalue weighted by Crippen LogP contribution is -2.38. The molecule has 2 aromatic rings. The summed E-state index contributed by atoms with van der Waals surface area (Å²) < 4.78 is 14.3. The molecular weight excluding hydrogens is 330 g/mol. The molecule has 24 heavy (non-hydrogen) atoms. The van der Waals surface area contributed by atoms with Crippen LogP contribution in [0.2, 0.25) is 5.15 Å². The lowest BCUT2D eigenvalue weighted by Gasteiger charge is -2.29. The smallest absolute Gasteiger partial charge is 0.163 e. The number of aromatic nitrogens is 3. The molecule has 7 heteroatoms. The normalized spacial score (nSPS) is 34.6. The van der Waals surface area contributed by atoms with Gasteiger partial charge < -0.3 is 14.0 Å². The number of hydrogen-bond donors (Lipinski definition) is 0. The van der Waals surface area contributed by atoms with Crippen LogP contribution in [0.3, 0.4) is 0 Å². The second kappa shape index (κ2) is 5.00. The minimum atomic E-state index is -0.708. The van der Waals surface area contributed by atoms with E-state index in [1.807, 2.05) is 37.6 Å². The van der Waals surface area contributed by atoms with Crippen LogP contribution in [-0.4, -0.2) is 38.3 Å². The van der Waals surface area contributed by atoms with Crippen molar-refractivity contribution in [2.24, 2.45) is 5.41 Å². The summed E-state index contributed by atoms with van der Waals surface area (Å²) in [6.07, 6.45) is 3.54. The summed E-state index contributed by atoms with van der Waals surface area (Å²) in [6.45, 7) is 7.36. The number of fused-ring (bicyclic) bond motifs is 2. The summed E-state index contributed by atoms with van der Waals surface area (Å²) in [5, 5.41) is 1.22. The third kappa shape index (κ3) is 2.13. The molecule has 4 rings (SSSR count). The molecule has 1 saturated carbocycles. The Hall–Kier alpha value is -1.50. The van der Waals surface area contributed by atoms with Crippen LogP contribution in [0.25, 0.3) is 11.0 Å². The highest BCUT2D eigenvalue weighted by Gasteiger charge is 2.61. The topological polar surface area (TPSA) is 66.2 Å². The van der Waals surface area contributed by atoms with Crippen LogP contribution in [0.4, 0.5) is 0 Å². The van der Waals surface area contributed by atoms with Crippen molar-refractivity contribution in [2.45, 2.75) is 58.2 Å². The maximum Gasteiger partial charge on any atom is 0.163 e. The van der Waals surface area contributed by atoms with Crippen molar-refractivity contribution in [1.29, 1.82) is 0 Å². The Morgan fingerprint density at radius 2 is 2.08 bits per heavy atom. The first kappa shape index (κ1) is 16.0. The maximum absolute atomic E-state index is 12.4. The molecule has 6 nitrogen and oxygen atoms in total. The molecule has 1 saturated heterocycles. The van der Waals surface area contributed by atoms with Gasteiger partial charge in [0.1, 0.15) is 35.1 Å². The number of halogens is 1. The van der Waals surface area contributed by atoms with Gasteiger partial charge in [-0.3, -0.25) is 4.79 Å². The Balaban J connectivity index is 1.83. The largest absolute Gasteiger partial charge is 0.343 e. The van der Waals surface area contributed by atoms with E-state index in [1.165, 1.54) is 6.33 Å². The summed E-state index contributed by atoms with van der Waals surface area (Å²) >= 11 is 6.17. The highest BCUT2D eigenvalue weighted by molar-refractivity contribution is 6.33. The second-order valence-corrected chi connectivity index (χ2v) is 7.75. The van der Waals surface area contributed by atoms with Crippen LogP contribution in [-0.2, 0) is 14.3 Å². The summed E-state index contributed by atoms with van der Waals surface area (Å²) in [7, 11) is 0. The monoisotopic (exact) mass is 349 g/mol. The first-order valence-corrected chi connectivity index (χ1v) is 8.44. The first-order valence-electron chi connectivity index (χ1n) is 8.07. The van der Waals surface area contributed by atoms with E-state index in [2.05, 4.69) is 9.97 Å². The van der Waals surface area contributed by atoms with E-state index >= 15 is 0 Å². The van der Waals surface area contributed by atoms with Crippen molar-refractivity contribution in [3.05, 3.63) is 23.7 Å². The van der Waals surface area contributed by atoms with Gasteiger partial charge in [-0.2, -0.15) is 0 Å². The summed E-state index contributed by atoms with van der Waals surface area (Å²) in [6, 6.07) is 1.85. The zero-order valence-corrected chi connectivity index (χ0v) is 14.9. The van der Waals surface area contributed by atoms with Gasteiger partial charge in [0.15, 0.2) is 5.79 Å². The molecule has 0 radical (unpaired) electrons. The van der Waals surface area contributed by atoms with E-state index in [-0.39, 0.29) is 24.0 Å². The van der Waals surface area contributed by atoms with E-state index in [4.69, 9.17) is 21.1 Å². The third-order valence-corrected chi connectivity index (χ3v) is 5.69. The van der Waals surface area contributed by atoms with Crippen molar-refractivity contribution in [1.82, 2.24) is 14.5 Å². The van der Waals surface area contributed by atoms with Gasteiger partial charge >= 0.3 is 0 Å². The molecule has 1 aliphatic heterocycles. The number of rotatable bonds is 2. The lowest BCUT2D eigenvalue weighted by atomic mass is 9.82. The molecule has 3 heterocycles. The minimum Gasteiger partial charge on any atom is -0.343 e. The predicted molar refractivity (Wildman–Crippen MR) is 88.8 cm³/mol. The summed E-state index contributed by atoms with van der Waals surface area (Å²) in [5.41, 5.74) is 0.163. The average Bonchev–Trinajstić information content (AvgIpc) is 3.12. The zero-order valence-electron chi connectivity index (χ0n) is 14.1. The van der Waals surface area contributed by atoms with Gasteiger partial charge in [-0.1, -0.05) is 11.6 Å². The number of ketones is 1. The van der Waals surface area contributed by atoms with Gasteiger partial charge in [0.05, 0.1) is 16.8 Å². The molecule has 1 aliphatic carbocycles. The quantitative estimate of drug-likeness (QED) is 0.779. The van der Waals surface area contributed by atoms with Crippen LogP contribution >= 0.6 is 11.6 Å². The fraction of sp³-hybridized carbons (Fsp3) is 0.588. The van der Waals surface area contributed by atoms with Crippen LogP contribution in [0.1, 0.15) is 40.2 Å². The highest BCUT2D eigenvalue weighted by Crippen LogP contribution is 2.54. The molecule has 0 N–H and O–H groups in total. The molecule has 0 aromatic carbocycles. The maximum atomic E-state index is 12.4. The van der Waals surface area contributed by atoms with Crippen molar-refractivity contribution in [3.63, 3.8) is 0 Å². The predicted octanol–water partition coefficient (Wildman–Crippen LogP) is 3.14. The second-order valence-electron chi connectivity index (χ2n) is 7.39. The molecule has 4 atom stereocenters. The van der Waals surface area contributed by atoms with Crippen LogP contribution in [0, 0.1) is 5.41 Å². The number of nitrogens with zero attached hydrogens (tertiary/aromatic N) is 3. The van der Waals surface area contributed by atoms with Gasteiger partial charge in [0, 0.05) is 6.20 Å². The SMILES string of the molecule is CC(=O)[C@@]1(C)C[C@@H](n2ccc3c(Cl)ncnc32)[C@@H]2OC(C)(C)O[C@@H]21. The Bertz CT molecular complexity index is 834. The number of hydrogen-bond acceptors (Lipinski definition) is 5. The Morgan fingerprint density at radius 3 is 2.79 bits per heavy atom. The molecule has 2 aromatic heterocycles. The van der Waals surface area contributed by atoms with Gasteiger partial charge in [-0.25, -0.2) is 9.97 Å². The Labute approximate surface area is 145 Å². The fourth-order valence-corrected chi connectivity index (χ4v) is 4.23. The number of carbonyl (C=O) groups excluding carboxylic acids is 1. The molecule has 0 unspecified atom stereocenters. The van der Waals surface area contributed by atoms with E-state index in [1.54, 1.807) is 6.92 Å². The molecule has 128 valence electrons. The van der Waals surface area contributed by atoms with Crippen molar-refractivity contribution >= 4 is 28.4 Å². The van der Waals surface area contributed by atoms with Gasteiger partial charge in [-0.15, -0.1) is 0 Å². The molecular formula is C17H20ClN3O3. The van der Waals surface area contributed by atoms with Crippen LogP contribution < -0.4 is 0 Å². The van der Waals surface area contributed by atoms with Crippen LogP contribution in [0.5, 0.6) is 0 Å².